The average Bonchev–Trinajstić information content (AvgIpc) is 3.26. The first-order valence-corrected chi connectivity index (χ1v) is 8.29. The van der Waals surface area contributed by atoms with Gasteiger partial charge in [0.25, 0.3) is 0 Å². The van der Waals surface area contributed by atoms with Crippen molar-refractivity contribution in [2.75, 3.05) is 13.1 Å². The minimum atomic E-state index is -1.04. The standard InChI is InChI=1S/C16H22N6O3/c1-12(9-21-11-17-10-19-21)14(23)20-6-3-16(4-7-20,15(24)25)22-8-5-18-13(22)2/h5,8,10-12H,3-4,6-7,9H2,1-2H3,(H,24,25)/t12-/m1/s1. The topological polar surface area (TPSA) is 106 Å². The van der Waals surface area contributed by atoms with Gasteiger partial charge >= 0.3 is 5.97 Å². The lowest BCUT2D eigenvalue weighted by atomic mass is 9.86. The summed E-state index contributed by atoms with van der Waals surface area (Å²) in [5, 5.41) is 13.8. The van der Waals surface area contributed by atoms with Crippen LogP contribution in [0, 0.1) is 12.8 Å². The fraction of sp³-hybridized carbons (Fsp3) is 0.562. The summed E-state index contributed by atoms with van der Waals surface area (Å²) in [7, 11) is 0. The van der Waals surface area contributed by atoms with E-state index in [-0.39, 0.29) is 11.8 Å². The summed E-state index contributed by atoms with van der Waals surface area (Å²) >= 11 is 0. The van der Waals surface area contributed by atoms with Crippen molar-refractivity contribution in [1.82, 2.24) is 29.2 Å². The first-order valence-electron chi connectivity index (χ1n) is 8.29. The summed E-state index contributed by atoms with van der Waals surface area (Å²) in [6.07, 6.45) is 7.05. The van der Waals surface area contributed by atoms with E-state index in [4.69, 9.17) is 0 Å². The average molecular weight is 346 g/mol. The summed E-state index contributed by atoms with van der Waals surface area (Å²) in [5.41, 5.74) is -1.04. The second-order valence-corrected chi connectivity index (χ2v) is 6.53. The van der Waals surface area contributed by atoms with Gasteiger partial charge in [-0.3, -0.25) is 9.48 Å². The molecule has 1 aliphatic rings. The van der Waals surface area contributed by atoms with Crippen LogP contribution < -0.4 is 0 Å². The molecule has 1 N–H and O–H groups in total. The molecule has 0 aliphatic carbocycles. The minimum Gasteiger partial charge on any atom is -0.479 e. The highest BCUT2D eigenvalue weighted by Gasteiger charge is 2.45. The Bertz CT molecular complexity index is 746. The number of aliphatic carboxylic acids is 1. The zero-order chi connectivity index (χ0) is 18.0. The Kier molecular flexibility index (Phi) is 4.56. The molecule has 1 fully saturated rings. The predicted octanol–water partition coefficient (Wildman–Crippen LogP) is 0.522. The molecule has 134 valence electrons. The molecule has 0 unspecified atom stereocenters. The third kappa shape index (κ3) is 3.13. The summed E-state index contributed by atoms with van der Waals surface area (Å²) in [4.78, 5) is 34.4. The van der Waals surface area contributed by atoms with E-state index in [1.54, 1.807) is 39.8 Å². The molecule has 2 aromatic heterocycles. The molecule has 2 aromatic rings. The summed E-state index contributed by atoms with van der Waals surface area (Å²) in [5.74, 6) is -0.441. The Labute approximate surface area is 145 Å². The number of carbonyl (C=O) groups is 2. The molecule has 1 saturated heterocycles. The number of hydrogen-bond donors (Lipinski definition) is 1. The number of aromatic nitrogens is 5. The molecule has 1 aliphatic heterocycles. The van der Waals surface area contributed by atoms with E-state index in [0.29, 0.717) is 38.3 Å². The van der Waals surface area contributed by atoms with Crippen molar-refractivity contribution in [3.05, 3.63) is 30.9 Å². The second kappa shape index (κ2) is 6.66. The van der Waals surface area contributed by atoms with Crippen molar-refractivity contribution >= 4 is 11.9 Å². The smallest absolute Gasteiger partial charge is 0.330 e. The Balaban J connectivity index is 1.68. The number of nitrogens with zero attached hydrogens (tertiary/aromatic N) is 6. The van der Waals surface area contributed by atoms with Gasteiger partial charge < -0.3 is 14.6 Å². The molecule has 1 amide bonds. The third-order valence-corrected chi connectivity index (χ3v) is 4.94. The van der Waals surface area contributed by atoms with Crippen LogP contribution in [0.2, 0.25) is 0 Å². The molecule has 0 saturated carbocycles. The van der Waals surface area contributed by atoms with Gasteiger partial charge in [0.15, 0.2) is 0 Å². The lowest BCUT2D eigenvalue weighted by Gasteiger charge is -2.40. The minimum absolute atomic E-state index is 0.0110. The lowest BCUT2D eigenvalue weighted by molar-refractivity contribution is -0.153. The maximum atomic E-state index is 12.7. The maximum Gasteiger partial charge on any atom is 0.330 e. The van der Waals surface area contributed by atoms with Crippen LogP contribution in [0.5, 0.6) is 0 Å². The number of piperidine rings is 1. The Morgan fingerprint density at radius 3 is 2.60 bits per heavy atom. The van der Waals surface area contributed by atoms with E-state index in [9.17, 15) is 14.7 Å². The van der Waals surface area contributed by atoms with E-state index < -0.39 is 11.5 Å². The van der Waals surface area contributed by atoms with E-state index in [0.717, 1.165) is 0 Å². The molecular formula is C16H22N6O3. The molecular weight excluding hydrogens is 324 g/mol. The fourth-order valence-corrected chi connectivity index (χ4v) is 3.48. The highest BCUT2D eigenvalue weighted by molar-refractivity contribution is 5.80. The SMILES string of the molecule is Cc1nccn1C1(C(=O)O)CCN(C(=O)[C@H](C)Cn2cncn2)CC1. The summed E-state index contributed by atoms with van der Waals surface area (Å²) in [6.45, 7) is 4.92. The Morgan fingerprint density at radius 1 is 1.36 bits per heavy atom. The molecule has 0 spiro atoms. The summed E-state index contributed by atoms with van der Waals surface area (Å²) in [6, 6.07) is 0. The number of likely N-dealkylation sites (tertiary alicyclic amines) is 1. The number of imidazole rings is 1. The first-order chi connectivity index (χ1) is 11.9. The number of amides is 1. The number of carboxylic acids is 1. The van der Waals surface area contributed by atoms with E-state index in [2.05, 4.69) is 15.1 Å². The van der Waals surface area contributed by atoms with Crippen molar-refractivity contribution in [3.8, 4) is 0 Å². The van der Waals surface area contributed by atoms with Crippen molar-refractivity contribution in [1.29, 1.82) is 0 Å². The number of aryl methyl sites for hydroxylation is 1. The lowest BCUT2D eigenvalue weighted by Crippen LogP contribution is -2.53. The molecule has 0 aromatic carbocycles. The monoisotopic (exact) mass is 346 g/mol. The molecule has 9 heteroatoms. The molecule has 0 radical (unpaired) electrons. The summed E-state index contributed by atoms with van der Waals surface area (Å²) < 4.78 is 3.35. The van der Waals surface area contributed by atoms with E-state index in [1.165, 1.54) is 6.33 Å². The Hall–Kier alpha value is -2.71. The van der Waals surface area contributed by atoms with Gasteiger partial charge in [-0.25, -0.2) is 14.8 Å². The third-order valence-electron chi connectivity index (χ3n) is 4.94. The van der Waals surface area contributed by atoms with Gasteiger partial charge in [0, 0.05) is 25.5 Å². The number of rotatable bonds is 5. The zero-order valence-electron chi connectivity index (χ0n) is 14.4. The van der Waals surface area contributed by atoms with Gasteiger partial charge in [-0.15, -0.1) is 0 Å². The normalized spacial score (nSPS) is 18.1. The van der Waals surface area contributed by atoms with Crippen molar-refractivity contribution in [3.63, 3.8) is 0 Å². The van der Waals surface area contributed by atoms with Crippen molar-refractivity contribution in [2.24, 2.45) is 5.92 Å². The van der Waals surface area contributed by atoms with Crippen LogP contribution in [0.15, 0.2) is 25.0 Å². The van der Waals surface area contributed by atoms with Gasteiger partial charge in [-0.05, 0) is 19.8 Å². The molecule has 3 heterocycles. The quantitative estimate of drug-likeness (QED) is 0.846. The van der Waals surface area contributed by atoms with Crippen molar-refractivity contribution in [2.45, 2.75) is 38.8 Å². The number of carbonyl (C=O) groups excluding carboxylic acids is 1. The molecule has 25 heavy (non-hydrogen) atoms. The highest BCUT2D eigenvalue weighted by Crippen LogP contribution is 2.32. The Morgan fingerprint density at radius 2 is 2.08 bits per heavy atom. The molecule has 3 rings (SSSR count). The van der Waals surface area contributed by atoms with E-state index in [1.807, 2.05) is 6.92 Å². The van der Waals surface area contributed by atoms with Crippen LogP contribution in [-0.2, 0) is 21.7 Å². The number of carboxylic acid groups (broad SMARTS) is 1. The van der Waals surface area contributed by atoms with Crippen LogP contribution in [0.25, 0.3) is 0 Å². The highest BCUT2D eigenvalue weighted by atomic mass is 16.4. The van der Waals surface area contributed by atoms with Crippen LogP contribution in [0.4, 0.5) is 0 Å². The van der Waals surface area contributed by atoms with Crippen LogP contribution in [-0.4, -0.2) is 59.3 Å². The van der Waals surface area contributed by atoms with E-state index >= 15 is 0 Å². The van der Waals surface area contributed by atoms with Crippen molar-refractivity contribution < 1.29 is 14.7 Å². The van der Waals surface area contributed by atoms with Crippen LogP contribution in [0.3, 0.4) is 0 Å². The van der Waals surface area contributed by atoms with Gasteiger partial charge in [0.2, 0.25) is 5.91 Å². The maximum absolute atomic E-state index is 12.7. The van der Waals surface area contributed by atoms with Crippen LogP contribution in [0.1, 0.15) is 25.6 Å². The fourth-order valence-electron chi connectivity index (χ4n) is 3.48. The van der Waals surface area contributed by atoms with Gasteiger partial charge in [0.05, 0.1) is 12.5 Å². The van der Waals surface area contributed by atoms with Gasteiger partial charge in [-0.2, -0.15) is 5.10 Å². The predicted molar refractivity (Wildman–Crippen MR) is 87.6 cm³/mol. The first kappa shape index (κ1) is 17.1. The largest absolute Gasteiger partial charge is 0.479 e. The molecule has 9 nitrogen and oxygen atoms in total. The van der Waals surface area contributed by atoms with Gasteiger partial charge in [0.1, 0.15) is 24.0 Å². The molecule has 1 atom stereocenters. The van der Waals surface area contributed by atoms with Gasteiger partial charge in [-0.1, -0.05) is 6.92 Å². The van der Waals surface area contributed by atoms with Crippen LogP contribution >= 0.6 is 0 Å². The zero-order valence-corrected chi connectivity index (χ0v) is 14.4. The second-order valence-electron chi connectivity index (χ2n) is 6.53. The molecule has 0 bridgehead atoms. The number of hydrogen-bond acceptors (Lipinski definition) is 5.